The van der Waals surface area contributed by atoms with Crippen molar-refractivity contribution in [3.8, 4) is 0 Å². The van der Waals surface area contributed by atoms with Crippen molar-refractivity contribution in [2.75, 3.05) is 38.2 Å². The van der Waals surface area contributed by atoms with E-state index in [1.165, 1.54) is 4.31 Å². The van der Waals surface area contributed by atoms with Gasteiger partial charge in [0, 0.05) is 19.5 Å². The summed E-state index contributed by atoms with van der Waals surface area (Å²) in [7, 11) is -3.52. The number of esters is 1. The fraction of sp³-hybridized carbons (Fsp3) is 0.400. The number of amides is 1. The number of carbonyl (C=O) groups excluding carboxylic acids is 2. The second-order valence-electron chi connectivity index (χ2n) is 6.59. The first-order valence-electron chi connectivity index (χ1n) is 9.64. The van der Waals surface area contributed by atoms with E-state index >= 15 is 0 Å². The van der Waals surface area contributed by atoms with E-state index in [2.05, 4.69) is 5.32 Å². The molecule has 0 bridgehead atoms. The Hall–Kier alpha value is -2.27. The van der Waals surface area contributed by atoms with E-state index in [1.54, 1.807) is 43.3 Å². The molecule has 8 nitrogen and oxygen atoms in total. The topological polar surface area (TPSA) is 102 Å². The number of ether oxygens (including phenoxy) is 2. The van der Waals surface area contributed by atoms with Crippen LogP contribution in [0.1, 0.15) is 28.6 Å². The number of anilines is 1. The zero-order valence-electron chi connectivity index (χ0n) is 16.6. The number of hydrogen-bond donors (Lipinski definition) is 1. The number of rotatable bonds is 8. The summed E-state index contributed by atoms with van der Waals surface area (Å²) in [5, 5.41) is 3.34. The second kappa shape index (κ2) is 10.2. The SMILES string of the molecule is CCOC(=O)c1ccc(NC(=O)CCc2ccc(S(=O)(=O)N3CCOCC3)cc2)s1. The third kappa shape index (κ3) is 5.66. The second-order valence-corrected chi connectivity index (χ2v) is 9.61. The first kappa shape index (κ1) is 22.4. The smallest absolute Gasteiger partial charge is 0.348 e. The predicted molar refractivity (Wildman–Crippen MR) is 113 cm³/mol. The zero-order chi connectivity index (χ0) is 21.6. The van der Waals surface area contributed by atoms with Gasteiger partial charge in [-0.1, -0.05) is 12.1 Å². The molecule has 2 aromatic rings. The number of nitrogens with one attached hydrogen (secondary N) is 1. The van der Waals surface area contributed by atoms with Crippen molar-refractivity contribution in [2.24, 2.45) is 0 Å². The van der Waals surface area contributed by atoms with Crippen LogP contribution in [0.5, 0.6) is 0 Å². The highest BCUT2D eigenvalue weighted by Crippen LogP contribution is 2.23. The Bertz CT molecular complexity index is 979. The van der Waals surface area contributed by atoms with Crippen LogP contribution < -0.4 is 5.32 Å². The highest BCUT2D eigenvalue weighted by atomic mass is 32.2. The fourth-order valence-electron chi connectivity index (χ4n) is 2.94. The number of benzene rings is 1. The maximum absolute atomic E-state index is 12.6. The van der Waals surface area contributed by atoms with E-state index in [0.29, 0.717) is 49.2 Å². The van der Waals surface area contributed by atoms with Crippen LogP contribution >= 0.6 is 11.3 Å². The molecule has 3 rings (SSSR count). The van der Waals surface area contributed by atoms with Gasteiger partial charge in [-0.2, -0.15) is 4.31 Å². The molecule has 10 heteroatoms. The number of hydrogen-bond acceptors (Lipinski definition) is 7. The van der Waals surface area contributed by atoms with Crippen LogP contribution in [0.4, 0.5) is 5.00 Å². The van der Waals surface area contributed by atoms with Gasteiger partial charge < -0.3 is 14.8 Å². The lowest BCUT2D eigenvalue weighted by Gasteiger charge is -2.26. The minimum absolute atomic E-state index is 0.183. The van der Waals surface area contributed by atoms with Crippen LogP contribution in [-0.2, 0) is 30.7 Å². The van der Waals surface area contributed by atoms with E-state index < -0.39 is 16.0 Å². The van der Waals surface area contributed by atoms with E-state index in [1.807, 2.05) is 0 Å². The van der Waals surface area contributed by atoms with Crippen LogP contribution in [0.2, 0.25) is 0 Å². The molecule has 1 aliphatic rings. The molecule has 1 saturated heterocycles. The Morgan fingerprint density at radius 1 is 1.13 bits per heavy atom. The quantitative estimate of drug-likeness (QED) is 0.618. The first-order chi connectivity index (χ1) is 14.4. The number of thiophene rings is 1. The van der Waals surface area contributed by atoms with Gasteiger partial charge in [-0.3, -0.25) is 4.79 Å². The molecule has 0 atom stereocenters. The van der Waals surface area contributed by atoms with Gasteiger partial charge in [0.25, 0.3) is 0 Å². The highest BCUT2D eigenvalue weighted by molar-refractivity contribution is 7.89. The first-order valence-corrected chi connectivity index (χ1v) is 11.9. The maximum Gasteiger partial charge on any atom is 0.348 e. The minimum Gasteiger partial charge on any atom is -0.462 e. The Labute approximate surface area is 179 Å². The number of nitrogens with zero attached hydrogens (tertiary/aromatic N) is 1. The molecule has 1 aromatic heterocycles. The Balaban J connectivity index is 1.52. The molecule has 0 unspecified atom stereocenters. The van der Waals surface area contributed by atoms with Crippen molar-refractivity contribution in [3.05, 3.63) is 46.8 Å². The highest BCUT2D eigenvalue weighted by Gasteiger charge is 2.26. The molecule has 1 amide bonds. The normalized spacial score (nSPS) is 15.0. The van der Waals surface area contributed by atoms with Crippen molar-refractivity contribution in [1.82, 2.24) is 4.31 Å². The van der Waals surface area contributed by atoms with Crippen molar-refractivity contribution in [3.63, 3.8) is 0 Å². The molecule has 0 aliphatic carbocycles. The summed E-state index contributed by atoms with van der Waals surface area (Å²) < 4.78 is 36.8. The Morgan fingerprint density at radius 2 is 1.83 bits per heavy atom. The van der Waals surface area contributed by atoms with Crippen LogP contribution in [-0.4, -0.2) is 57.5 Å². The molecule has 30 heavy (non-hydrogen) atoms. The van der Waals surface area contributed by atoms with Crippen LogP contribution in [0.3, 0.4) is 0 Å². The van der Waals surface area contributed by atoms with E-state index in [9.17, 15) is 18.0 Å². The van der Waals surface area contributed by atoms with Gasteiger partial charge >= 0.3 is 5.97 Å². The lowest BCUT2D eigenvalue weighted by Crippen LogP contribution is -2.40. The van der Waals surface area contributed by atoms with Crippen LogP contribution in [0.25, 0.3) is 0 Å². The molecule has 2 heterocycles. The van der Waals surface area contributed by atoms with Crippen LogP contribution in [0, 0.1) is 0 Å². The number of aryl methyl sites for hydroxylation is 1. The van der Waals surface area contributed by atoms with Crippen molar-refractivity contribution in [1.29, 1.82) is 0 Å². The average Bonchev–Trinajstić information content (AvgIpc) is 3.22. The molecular weight excluding hydrogens is 428 g/mol. The van der Waals surface area contributed by atoms with E-state index in [4.69, 9.17) is 9.47 Å². The Morgan fingerprint density at radius 3 is 2.50 bits per heavy atom. The number of carbonyl (C=O) groups is 2. The lowest BCUT2D eigenvalue weighted by atomic mass is 10.1. The molecule has 0 spiro atoms. The molecule has 0 radical (unpaired) electrons. The van der Waals surface area contributed by atoms with Crippen molar-refractivity contribution >= 4 is 38.2 Å². The van der Waals surface area contributed by atoms with Crippen molar-refractivity contribution < 1.29 is 27.5 Å². The molecule has 162 valence electrons. The number of sulfonamides is 1. The van der Waals surface area contributed by atoms with Gasteiger partial charge in [0.1, 0.15) is 4.88 Å². The largest absolute Gasteiger partial charge is 0.462 e. The van der Waals surface area contributed by atoms with Crippen molar-refractivity contribution in [2.45, 2.75) is 24.7 Å². The summed E-state index contributed by atoms with van der Waals surface area (Å²) in [4.78, 5) is 24.5. The van der Waals surface area contributed by atoms with Gasteiger partial charge in [0.05, 0.1) is 29.7 Å². The van der Waals surface area contributed by atoms with Gasteiger partial charge in [-0.25, -0.2) is 13.2 Å². The Kier molecular flexibility index (Phi) is 7.59. The third-order valence-electron chi connectivity index (χ3n) is 4.52. The number of morpholine rings is 1. The summed E-state index contributed by atoms with van der Waals surface area (Å²) in [5.74, 6) is -0.590. The van der Waals surface area contributed by atoms with Gasteiger partial charge in [-0.05, 0) is 43.2 Å². The lowest BCUT2D eigenvalue weighted by molar-refractivity contribution is -0.116. The minimum atomic E-state index is -3.52. The molecule has 1 N–H and O–H groups in total. The van der Waals surface area contributed by atoms with Gasteiger partial charge in [0.15, 0.2) is 0 Å². The summed E-state index contributed by atoms with van der Waals surface area (Å²) in [6.07, 6.45) is 0.710. The zero-order valence-corrected chi connectivity index (χ0v) is 18.3. The average molecular weight is 453 g/mol. The fourth-order valence-corrected chi connectivity index (χ4v) is 5.16. The standard InChI is InChI=1S/C20H24N2O6S2/c1-2-28-20(24)17-8-10-19(29-17)21-18(23)9-5-15-3-6-16(7-4-15)30(25,26)22-11-13-27-14-12-22/h3-4,6-8,10H,2,5,9,11-14H2,1H3,(H,21,23). The molecular formula is C20H24N2O6S2. The van der Waals surface area contributed by atoms with E-state index in [0.717, 1.165) is 16.9 Å². The van der Waals surface area contributed by atoms with Gasteiger partial charge in [-0.15, -0.1) is 11.3 Å². The molecule has 0 saturated carbocycles. The monoisotopic (exact) mass is 452 g/mol. The summed E-state index contributed by atoms with van der Waals surface area (Å²) in [5.41, 5.74) is 0.865. The molecule has 1 aliphatic heterocycles. The predicted octanol–water partition coefficient (Wildman–Crippen LogP) is 2.52. The van der Waals surface area contributed by atoms with Crippen LogP contribution in [0.15, 0.2) is 41.3 Å². The molecule has 1 fully saturated rings. The third-order valence-corrected chi connectivity index (χ3v) is 7.41. The summed E-state index contributed by atoms with van der Waals surface area (Å²) >= 11 is 1.16. The van der Waals surface area contributed by atoms with E-state index in [-0.39, 0.29) is 17.2 Å². The maximum atomic E-state index is 12.6. The van der Waals surface area contributed by atoms with Gasteiger partial charge in [0.2, 0.25) is 15.9 Å². The molecule has 1 aromatic carbocycles. The summed E-state index contributed by atoms with van der Waals surface area (Å²) in [6.45, 7) is 3.54. The summed E-state index contributed by atoms with van der Waals surface area (Å²) in [6, 6.07) is 9.88.